The highest BCUT2D eigenvalue weighted by molar-refractivity contribution is 5.70. The quantitative estimate of drug-likeness (QED) is 0.848. The molecule has 1 atom stereocenters. The fourth-order valence-electron chi connectivity index (χ4n) is 2.33. The molecule has 86 valence electrons. The predicted molar refractivity (Wildman–Crippen MR) is 61.4 cm³/mol. The first kappa shape index (κ1) is 11.1. The summed E-state index contributed by atoms with van der Waals surface area (Å²) in [5.74, 6) is -1.05. The normalized spacial score (nSPS) is 16.6. The van der Waals surface area contributed by atoms with E-state index in [-0.39, 0.29) is 5.92 Å². The standard InChI is InChI=1S/C13H17NO2/c1-9(13(15)16)6-11-8-14-7-10-4-2-3-5-12(10)11/h7-9H,2-6H2,1H3,(H,15,16). The number of fused-ring (bicyclic) bond motifs is 1. The lowest BCUT2D eigenvalue weighted by Gasteiger charge is -2.19. The second kappa shape index (κ2) is 4.64. The molecule has 0 bridgehead atoms. The fraction of sp³-hybridized carbons (Fsp3) is 0.538. The molecular formula is C13H17NO2. The number of aromatic nitrogens is 1. The summed E-state index contributed by atoms with van der Waals surface area (Å²) >= 11 is 0. The average molecular weight is 219 g/mol. The van der Waals surface area contributed by atoms with E-state index in [4.69, 9.17) is 5.11 Å². The monoisotopic (exact) mass is 219 g/mol. The van der Waals surface area contributed by atoms with Gasteiger partial charge in [0.1, 0.15) is 0 Å². The van der Waals surface area contributed by atoms with Crippen LogP contribution in [0.3, 0.4) is 0 Å². The van der Waals surface area contributed by atoms with E-state index in [0.717, 1.165) is 18.4 Å². The van der Waals surface area contributed by atoms with Crippen LogP contribution in [0.4, 0.5) is 0 Å². The highest BCUT2D eigenvalue weighted by atomic mass is 16.4. The van der Waals surface area contributed by atoms with Crippen LogP contribution in [-0.4, -0.2) is 16.1 Å². The smallest absolute Gasteiger partial charge is 0.306 e. The van der Waals surface area contributed by atoms with Crippen molar-refractivity contribution in [1.82, 2.24) is 4.98 Å². The lowest BCUT2D eigenvalue weighted by molar-refractivity contribution is -0.141. The number of hydrogen-bond donors (Lipinski definition) is 1. The van der Waals surface area contributed by atoms with Crippen molar-refractivity contribution in [2.45, 2.75) is 39.0 Å². The lowest BCUT2D eigenvalue weighted by Crippen LogP contribution is -2.15. The van der Waals surface area contributed by atoms with Crippen molar-refractivity contribution in [3.05, 3.63) is 29.1 Å². The minimum Gasteiger partial charge on any atom is -0.481 e. The minimum atomic E-state index is -0.728. The first-order valence-electron chi connectivity index (χ1n) is 5.86. The Bertz CT molecular complexity index is 401. The third-order valence-corrected chi connectivity index (χ3v) is 3.31. The number of carbonyl (C=O) groups is 1. The van der Waals surface area contributed by atoms with Gasteiger partial charge in [-0.2, -0.15) is 0 Å². The van der Waals surface area contributed by atoms with Crippen LogP contribution >= 0.6 is 0 Å². The summed E-state index contributed by atoms with van der Waals surface area (Å²) in [5, 5.41) is 8.93. The van der Waals surface area contributed by atoms with Crippen molar-refractivity contribution in [3.8, 4) is 0 Å². The maximum absolute atomic E-state index is 10.9. The fourth-order valence-corrected chi connectivity index (χ4v) is 2.33. The molecule has 1 heterocycles. The molecule has 1 N–H and O–H groups in total. The number of rotatable bonds is 3. The van der Waals surface area contributed by atoms with Crippen LogP contribution < -0.4 is 0 Å². The van der Waals surface area contributed by atoms with Crippen LogP contribution in [0.5, 0.6) is 0 Å². The van der Waals surface area contributed by atoms with Gasteiger partial charge in [0, 0.05) is 12.4 Å². The van der Waals surface area contributed by atoms with Gasteiger partial charge in [0.05, 0.1) is 5.92 Å². The number of aliphatic carboxylic acids is 1. The first-order chi connectivity index (χ1) is 7.68. The summed E-state index contributed by atoms with van der Waals surface area (Å²) in [6.45, 7) is 1.75. The number of aryl methyl sites for hydroxylation is 1. The van der Waals surface area contributed by atoms with Gasteiger partial charge in [-0.25, -0.2) is 0 Å². The van der Waals surface area contributed by atoms with Gasteiger partial charge >= 0.3 is 5.97 Å². The Morgan fingerprint density at radius 2 is 2.19 bits per heavy atom. The summed E-state index contributed by atoms with van der Waals surface area (Å²) in [6.07, 6.45) is 8.99. The zero-order valence-corrected chi connectivity index (χ0v) is 9.57. The van der Waals surface area contributed by atoms with E-state index in [2.05, 4.69) is 4.98 Å². The molecule has 0 amide bonds. The topological polar surface area (TPSA) is 50.2 Å². The van der Waals surface area contributed by atoms with E-state index in [0.29, 0.717) is 6.42 Å². The molecule has 0 radical (unpaired) electrons. The Kier molecular flexibility index (Phi) is 3.22. The molecule has 0 spiro atoms. The lowest BCUT2D eigenvalue weighted by atomic mass is 9.87. The molecular weight excluding hydrogens is 202 g/mol. The van der Waals surface area contributed by atoms with Crippen LogP contribution in [0.2, 0.25) is 0 Å². The highest BCUT2D eigenvalue weighted by Crippen LogP contribution is 2.25. The number of nitrogens with zero attached hydrogens (tertiary/aromatic N) is 1. The van der Waals surface area contributed by atoms with Crippen LogP contribution in [0.25, 0.3) is 0 Å². The van der Waals surface area contributed by atoms with Crippen molar-refractivity contribution in [3.63, 3.8) is 0 Å². The summed E-state index contributed by atoms with van der Waals surface area (Å²) in [6, 6.07) is 0. The maximum Gasteiger partial charge on any atom is 0.306 e. The Hall–Kier alpha value is -1.38. The van der Waals surface area contributed by atoms with Crippen LogP contribution in [0, 0.1) is 5.92 Å². The third kappa shape index (κ3) is 2.23. The van der Waals surface area contributed by atoms with Crippen LogP contribution in [0.1, 0.15) is 36.5 Å². The molecule has 3 nitrogen and oxygen atoms in total. The summed E-state index contributed by atoms with van der Waals surface area (Å²) < 4.78 is 0. The van der Waals surface area contributed by atoms with Gasteiger partial charge in [-0.3, -0.25) is 9.78 Å². The predicted octanol–water partition coefficient (Wildman–Crippen LogP) is 2.22. The van der Waals surface area contributed by atoms with Gasteiger partial charge in [0.25, 0.3) is 0 Å². The van der Waals surface area contributed by atoms with Crippen molar-refractivity contribution < 1.29 is 9.90 Å². The van der Waals surface area contributed by atoms with Gasteiger partial charge in [-0.05, 0) is 48.8 Å². The van der Waals surface area contributed by atoms with Gasteiger partial charge < -0.3 is 5.11 Å². The Morgan fingerprint density at radius 3 is 2.94 bits per heavy atom. The SMILES string of the molecule is CC(Cc1cncc2c1CCCC2)C(=O)O. The van der Waals surface area contributed by atoms with Crippen molar-refractivity contribution >= 4 is 5.97 Å². The first-order valence-corrected chi connectivity index (χ1v) is 5.86. The van der Waals surface area contributed by atoms with E-state index >= 15 is 0 Å². The molecule has 0 aliphatic heterocycles. The third-order valence-electron chi connectivity index (χ3n) is 3.31. The zero-order chi connectivity index (χ0) is 11.5. The van der Waals surface area contributed by atoms with E-state index in [1.165, 1.54) is 24.0 Å². The average Bonchev–Trinajstić information content (AvgIpc) is 2.29. The maximum atomic E-state index is 10.9. The van der Waals surface area contributed by atoms with Gasteiger partial charge in [0.2, 0.25) is 0 Å². The summed E-state index contributed by atoms with van der Waals surface area (Å²) in [4.78, 5) is 15.1. The second-order valence-electron chi connectivity index (χ2n) is 4.59. The van der Waals surface area contributed by atoms with E-state index in [1.54, 1.807) is 6.92 Å². The molecule has 1 aromatic rings. The number of carboxylic acids is 1. The molecule has 0 saturated heterocycles. The molecule has 1 aliphatic carbocycles. The molecule has 1 unspecified atom stereocenters. The second-order valence-corrected chi connectivity index (χ2v) is 4.59. The molecule has 0 aromatic carbocycles. The molecule has 0 saturated carbocycles. The van der Waals surface area contributed by atoms with Crippen LogP contribution in [-0.2, 0) is 24.1 Å². The van der Waals surface area contributed by atoms with E-state index in [9.17, 15) is 4.79 Å². The molecule has 3 heteroatoms. The van der Waals surface area contributed by atoms with Gasteiger partial charge in [-0.15, -0.1) is 0 Å². The molecule has 16 heavy (non-hydrogen) atoms. The largest absolute Gasteiger partial charge is 0.481 e. The Morgan fingerprint density at radius 1 is 1.44 bits per heavy atom. The molecule has 1 aromatic heterocycles. The molecule has 1 aliphatic rings. The molecule has 0 fully saturated rings. The number of carboxylic acid groups (broad SMARTS) is 1. The van der Waals surface area contributed by atoms with Crippen molar-refractivity contribution in [1.29, 1.82) is 0 Å². The zero-order valence-electron chi connectivity index (χ0n) is 9.57. The number of pyridine rings is 1. The van der Waals surface area contributed by atoms with Gasteiger partial charge in [-0.1, -0.05) is 6.92 Å². The van der Waals surface area contributed by atoms with Crippen LogP contribution in [0.15, 0.2) is 12.4 Å². The van der Waals surface area contributed by atoms with Crippen molar-refractivity contribution in [2.24, 2.45) is 5.92 Å². The van der Waals surface area contributed by atoms with Crippen molar-refractivity contribution in [2.75, 3.05) is 0 Å². The summed E-state index contributed by atoms with van der Waals surface area (Å²) in [5.41, 5.74) is 3.81. The Labute approximate surface area is 95.5 Å². The van der Waals surface area contributed by atoms with Gasteiger partial charge in [0.15, 0.2) is 0 Å². The molecule has 2 rings (SSSR count). The number of hydrogen-bond acceptors (Lipinski definition) is 2. The Balaban J connectivity index is 2.24. The summed E-state index contributed by atoms with van der Waals surface area (Å²) in [7, 11) is 0. The minimum absolute atomic E-state index is 0.324. The highest BCUT2D eigenvalue weighted by Gasteiger charge is 2.18. The van der Waals surface area contributed by atoms with E-state index in [1.807, 2.05) is 12.4 Å². The van der Waals surface area contributed by atoms with E-state index < -0.39 is 5.97 Å².